The second-order valence-electron chi connectivity index (χ2n) is 9.06. The molecule has 3 aromatic heterocycles. The van der Waals surface area contributed by atoms with E-state index >= 15 is 0 Å². The number of hydrogen-bond acceptors (Lipinski definition) is 8. The highest BCUT2D eigenvalue weighted by atomic mass is 16.5. The Morgan fingerprint density at radius 1 is 1.22 bits per heavy atom. The number of alkyl carbamates (subject to hydrolysis) is 1. The van der Waals surface area contributed by atoms with E-state index in [1.165, 1.54) is 13.3 Å². The van der Waals surface area contributed by atoms with Crippen LogP contribution in [0.5, 0.6) is 0 Å². The molecule has 0 saturated heterocycles. The number of anilines is 1. The smallest absolute Gasteiger partial charge is 0.407 e. The van der Waals surface area contributed by atoms with Crippen LogP contribution in [0.1, 0.15) is 47.8 Å². The summed E-state index contributed by atoms with van der Waals surface area (Å²) in [6.07, 6.45) is 4.06. The number of aryl methyl sites for hydroxylation is 2. The van der Waals surface area contributed by atoms with Gasteiger partial charge in [0.15, 0.2) is 0 Å². The van der Waals surface area contributed by atoms with E-state index in [2.05, 4.69) is 30.5 Å². The molecule has 0 bridgehead atoms. The molecular formula is C25H28N6O5. The summed E-state index contributed by atoms with van der Waals surface area (Å²) in [5, 5.41) is 19.3. The first-order valence-corrected chi connectivity index (χ1v) is 11.4. The second kappa shape index (κ2) is 10.2. The van der Waals surface area contributed by atoms with Gasteiger partial charge in [-0.1, -0.05) is 17.3 Å². The number of fused-ring (bicyclic) bond motifs is 1. The summed E-state index contributed by atoms with van der Waals surface area (Å²) in [6, 6.07) is 9.25. The first-order chi connectivity index (χ1) is 17.1. The number of hydrogen-bond donors (Lipinski definition) is 3. The molecule has 0 spiro atoms. The molecule has 0 atom stereocenters. The van der Waals surface area contributed by atoms with Crippen molar-refractivity contribution in [3.8, 4) is 11.4 Å². The largest absolute Gasteiger partial charge is 0.453 e. The molecule has 0 saturated carbocycles. The Hall–Kier alpha value is -4.25. The SMILES string of the molecule is COC(=O)NCc1nc(-c2ccc(C)c(NC(=O)c3cnc4cc(CCC(C)(C)O)ccn34)c2)no1. The zero-order valence-electron chi connectivity index (χ0n) is 20.5. The van der Waals surface area contributed by atoms with Crippen LogP contribution in [0.4, 0.5) is 10.5 Å². The number of nitrogens with zero attached hydrogens (tertiary/aromatic N) is 4. The first kappa shape index (κ1) is 24.9. The minimum absolute atomic E-state index is 0.0306. The standard InChI is InChI=1S/C25H28N6O5/c1-15-5-6-17(22-29-21(36-30-22)14-27-24(33)35-4)12-18(15)28-23(32)19-13-26-20-11-16(8-10-31(19)20)7-9-25(2,3)34/h5-6,8,10-13,34H,7,9,14H2,1-4H3,(H,27,33)(H,28,32). The summed E-state index contributed by atoms with van der Waals surface area (Å²) in [5.41, 5.74) is 3.41. The number of pyridine rings is 1. The number of ether oxygens (including phenoxy) is 1. The predicted octanol–water partition coefficient (Wildman–Crippen LogP) is 3.50. The maximum absolute atomic E-state index is 13.1. The summed E-state index contributed by atoms with van der Waals surface area (Å²) in [6.45, 7) is 5.47. The van der Waals surface area contributed by atoms with Crippen LogP contribution >= 0.6 is 0 Å². The van der Waals surface area contributed by atoms with Gasteiger partial charge in [0.2, 0.25) is 11.7 Å². The van der Waals surface area contributed by atoms with Gasteiger partial charge >= 0.3 is 6.09 Å². The van der Waals surface area contributed by atoms with Crippen molar-refractivity contribution in [1.29, 1.82) is 0 Å². The van der Waals surface area contributed by atoms with E-state index in [1.54, 1.807) is 24.3 Å². The zero-order chi connectivity index (χ0) is 25.9. The number of amides is 2. The van der Waals surface area contributed by atoms with E-state index in [0.717, 1.165) is 11.1 Å². The molecule has 3 heterocycles. The number of rotatable bonds is 8. The average Bonchev–Trinajstić information content (AvgIpc) is 3.49. The van der Waals surface area contributed by atoms with Crippen molar-refractivity contribution < 1.29 is 24.0 Å². The van der Waals surface area contributed by atoms with E-state index < -0.39 is 11.7 Å². The van der Waals surface area contributed by atoms with Crippen molar-refractivity contribution in [2.45, 2.75) is 45.8 Å². The molecule has 4 aromatic rings. The van der Waals surface area contributed by atoms with Gasteiger partial charge in [-0.2, -0.15) is 4.98 Å². The molecule has 0 aliphatic rings. The number of imidazole rings is 1. The molecule has 0 aliphatic carbocycles. The Kier molecular flexibility index (Phi) is 7.02. The maximum atomic E-state index is 13.1. The van der Waals surface area contributed by atoms with E-state index in [0.29, 0.717) is 41.3 Å². The van der Waals surface area contributed by atoms with Gasteiger partial charge in [0.05, 0.1) is 18.9 Å². The van der Waals surface area contributed by atoms with Crippen LogP contribution in [0, 0.1) is 6.92 Å². The van der Waals surface area contributed by atoms with Gasteiger partial charge in [-0.3, -0.25) is 9.20 Å². The van der Waals surface area contributed by atoms with Gasteiger partial charge < -0.3 is 25.0 Å². The number of carbonyl (C=O) groups excluding carboxylic acids is 2. The molecule has 0 unspecified atom stereocenters. The highest BCUT2D eigenvalue weighted by Gasteiger charge is 2.17. The number of methoxy groups -OCH3 is 1. The Bertz CT molecular complexity index is 1400. The third kappa shape index (κ3) is 5.87. The summed E-state index contributed by atoms with van der Waals surface area (Å²) < 4.78 is 11.4. The molecular weight excluding hydrogens is 464 g/mol. The fourth-order valence-corrected chi connectivity index (χ4v) is 3.54. The lowest BCUT2D eigenvalue weighted by Gasteiger charge is -2.16. The molecule has 11 heteroatoms. The van der Waals surface area contributed by atoms with Crippen molar-refractivity contribution >= 4 is 23.3 Å². The van der Waals surface area contributed by atoms with Gasteiger partial charge in [-0.25, -0.2) is 9.78 Å². The normalized spacial score (nSPS) is 11.5. The molecule has 3 N–H and O–H groups in total. The van der Waals surface area contributed by atoms with Crippen LogP contribution in [0.3, 0.4) is 0 Å². The van der Waals surface area contributed by atoms with Crippen LogP contribution < -0.4 is 10.6 Å². The van der Waals surface area contributed by atoms with Crippen molar-refractivity contribution in [2.24, 2.45) is 0 Å². The molecule has 0 radical (unpaired) electrons. The van der Waals surface area contributed by atoms with Crippen LogP contribution in [-0.4, -0.2) is 49.3 Å². The van der Waals surface area contributed by atoms with E-state index in [-0.39, 0.29) is 18.3 Å². The third-order valence-electron chi connectivity index (χ3n) is 5.62. The number of benzene rings is 1. The van der Waals surface area contributed by atoms with Crippen LogP contribution in [0.25, 0.3) is 17.0 Å². The number of aliphatic hydroxyl groups is 1. The molecule has 0 aliphatic heterocycles. The Morgan fingerprint density at radius 3 is 2.78 bits per heavy atom. The summed E-state index contributed by atoms with van der Waals surface area (Å²) in [4.78, 5) is 33.0. The molecule has 2 amide bonds. The summed E-state index contributed by atoms with van der Waals surface area (Å²) in [7, 11) is 1.26. The monoisotopic (exact) mass is 492 g/mol. The van der Waals surface area contributed by atoms with E-state index in [4.69, 9.17) is 4.52 Å². The number of nitrogens with one attached hydrogen (secondary N) is 2. The quantitative estimate of drug-likeness (QED) is 0.339. The van der Waals surface area contributed by atoms with Crippen molar-refractivity contribution in [1.82, 2.24) is 24.8 Å². The van der Waals surface area contributed by atoms with Gasteiger partial charge in [-0.05, 0) is 62.9 Å². The lowest BCUT2D eigenvalue weighted by Crippen LogP contribution is -2.22. The molecule has 188 valence electrons. The van der Waals surface area contributed by atoms with E-state index in [9.17, 15) is 14.7 Å². The Labute approximate surface area is 207 Å². The van der Waals surface area contributed by atoms with Crippen LogP contribution in [0.2, 0.25) is 0 Å². The summed E-state index contributed by atoms with van der Waals surface area (Å²) >= 11 is 0. The highest BCUT2D eigenvalue weighted by Crippen LogP contribution is 2.24. The lowest BCUT2D eigenvalue weighted by atomic mass is 9.99. The number of aromatic nitrogens is 4. The van der Waals surface area contributed by atoms with Crippen molar-refractivity contribution in [3.05, 3.63) is 65.4 Å². The van der Waals surface area contributed by atoms with Crippen molar-refractivity contribution in [3.63, 3.8) is 0 Å². The maximum Gasteiger partial charge on any atom is 0.407 e. The molecule has 4 rings (SSSR count). The van der Waals surface area contributed by atoms with Crippen molar-refractivity contribution in [2.75, 3.05) is 12.4 Å². The Morgan fingerprint density at radius 2 is 2.03 bits per heavy atom. The summed E-state index contributed by atoms with van der Waals surface area (Å²) in [5.74, 6) is 0.220. The lowest BCUT2D eigenvalue weighted by molar-refractivity contribution is 0.0714. The fourth-order valence-electron chi connectivity index (χ4n) is 3.54. The predicted molar refractivity (Wildman–Crippen MR) is 131 cm³/mol. The van der Waals surface area contributed by atoms with Gasteiger partial charge in [0, 0.05) is 17.4 Å². The Balaban J connectivity index is 1.49. The third-order valence-corrected chi connectivity index (χ3v) is 5.62. The molecule has 11 nitrogen and oxygen atoms in total. The molecule has 36 heavy (non-hydrogen) atoms. The highest BCUT2D eigenvalue weighted by molar-refractivity contribution is 6.04. The minimum atomic E-state index is -0.748. The van der Waals surface area contributed by atoms with E-state index in [1.807, 2.05) is 37.4 Å². The average molecular weight is 493 g/mol. The molecule has 0 fully saturated rings. The second-order valence-corrected chi connectivity index (χ2v) is 9.06. The van der Waals surface area contributed by atoms with Gasteiger partial charge in [0.25, 0.3) is 5.91 Å². The number of carbonyl (C=O) groups is 2. The van der Waals surface area contributed by atoms with Crippen LogP contribution in [0.15, 0.2) is 47.2 Å². The topological polar surface area (TPSA) is 144 Å². The zero-order valence-corrected chi connectivity index (χ0v) is 20.5. The first-order valence-electron chi connectivity index (χ1n) is 11.4. The van der Waals surface area contributed by atoms with Gasteiger partial charge in [0.1, 0.15) is 17.9 Å². The minimum Gasteiger partial charge on any atom is -0.453 e. The fraction of sp³-hybridized carbons (Fsp3) is 0.320. The van der Waals surface area contributed by atoms with Crippen LogP contribution in [-0.2, 0) is 17.7 Å². The van der Waals surface area contributed by atoms with Gasteiger partial charge in [-0.15, -0.1) is 0 Å². The molecule has 1 aromatic carbocycles.